The predicted octanol–water partition coefficient (Wildman–Crippen LogP) is 5.34. The van der Waals surface area contributed by atoms with E-state index in [4.69, 9.17) is 9.47 Å². The number of amides is 1. The topological polar surface area (TPSA) is 96.3 Å². The summed E-state index contributed by atoms with van der Waals surface area (Å²) < 4.78 is 25.6. The Morgan fingerprint density at radius 1 is 1.44 bits per heavy atom. The number of ether oxygens (including phenoxy) is 2. The van der Waals surface area contributed by atoms with Gasteiger partial charge in [0.1, 0.15) is 22.9 Å². The molecule has 1 atom stereocenters. The quantitative estimate of drug-likeness (QED) is 0.400. The Labute approximate surface area is 186 Å². The van der Waals surface area contributed by atoms with Gasteiger partial charge in [0.2, 0.25) is 0 Å². The zero-order valence-electron chi connectivity index (χ0n) is 18.7. The van der Waals surface area contributed by atoms with E-state index < -0.39 is 5.82 Å². The van der Waals surface area contributed by atoms with Crippen LogP contribution in [-0.4, -0.2) is 25.0 Å². The number of hydrogen-bond donors (Lipinski definition) is 2. The number of rotatable bonds is 6. The molecule has 0 bridgehead atoms. The lowest BCUT2D eigenvalue weighted by atomic mass is 9.91. The van der Waals surface area contributed by atoms with E-state index in [2.05, 4.69) is 21.7 Å². The van der Waals surface area contributed by atoms with Gasteiger partial charge in [-0.1, -0.05) is 19.9 Å². The fourth-order valence-corrected chi connectivity index (χ4v) is 3.40. The highest BCUT2D eigenvalue weighted by molar-refractivity contribution is 6.03. The molecule has 1 amide bonds. The first-order valence-electron chi connectivity index (χ1n) is 10.2. The SMILES string of the molecule is C/C=C(C#N)\C=C(\c1ncc(C(=O)NC)c2c1Oc1cc(F)cc(OC)c1N2)[C@H](C)CC. The number of hydrogen-bond acceptors (Lipinski definition) is 6. The minimum absolute atomic E-state index is 0.0350. The largest absolute Gasteiger partial charge is 0.494 e. The summed E-state index contributed by atoms with van der Waals surface area (Å²) in [5, 5.41) is 15.2. The van der Waals surface area contributed by atoms with Crippen molar-refractivity contribution in [3.8, 4) is 23.3 Å². The highest BCUT2D eigenvalue weighted by Gasteiger charge is 2.30. The van der Waals surface area contributed by atoms with Gasteiger partial charge in [-0.25, -0.2) is 4.39 Å². The average molecular weight is 436 g/mol. The van der Waals surface area contributed by atoms with Crippen LogP contribution >= 0.6 is 0 Å². The number of halogens is 1. The summed E-state index contributed by atoms with van der Waals surface area (Å²) in [5.41, 5.74) is 2.78. The summed E-state index contributed by atoms with van der Waals surface area (Å²) >= 11 is 0. The van der Waals surface area contributed by atoms with E-state index in [9.17, 15) is 14.4 Å². The molecule has 0 spiro atoms. The van der Waals surface area contributed by atoms with Crippen molar-refractivity contribution in [1.82, 2.24) is 10.3 Å². The van der Waals surface area contributed by atoms with Gasteiger partial charge >= 0.3 is 0 Å². The summed E-state index contributed by atoms with van der Waals surface area (Å²) in [5.74, 6) is -0.118. The van der Waals surface area contributed by atoms with Crippen molar-refractivity contribution < 1.29 is 18.7 Å². The molecular formula is C24H25FN4O3. The number of carbonyl (C=O) groups is 1. The third-order valence-electron chi connectivity index (χ3n) is 5.39. The van der Waals surface area contributed by atoms with Crippen molar-refractivity contribution in [2.24, 2.45) is 5.92 Å². The molecule has 1 aliphatic rings. The third kappa shape index (κ3) is 4.14. The lowest BCUT2D eigenvalue weighted by Crippen LogP contribution is -2.21. The van der Waals surface area contributed by atoms with Crippen LogP contribution in [0.4, 0.5) is 15.8 Å². The number of nitrogens with one attached hydrogen (secondary N) is 2. The number of nitriles is 1. The van der Waals surface area contributed by atoms with Gasteiger partial charge in [0.05, 0.1) is 24.4 Å². The van der Waals surface area contributed by atoms with Crippen molar-refractivity contribution in [2.75, 3.05) is 19.5 Å². The molecule has 0 aliphatic carbocycles. The van der Waals surface area contributed by atoms with Crippen molar-refractivity contribution in [3.63, 3.8) is 0 Å². The Bertz CT molecular complexity index is 1160. The minimum Gasteiger partial charge on any atom is -0.494 e. The predicted molar refractivity (Wildman–Crippen MR) is 121 cm³/mol. The van der Waals surface area contributed by atoms with E-state index in [-0.39, 0.29) is 34.6 Å². The van der Waals surface area contributed by atoms with Gasteiger partial charge in [-0.2, -0.15) is 5.26 Å². The summed E-state index contributed by atoms with van der Waals surface area (Å²) in [6.45, 7) is 5.83. The number of methoxy groups -OCH3 is 1. The van der Waals surface area contributed by atoms with Gasteiger partial charge in [-0.3, -0.25) is 9.78 Å². The molecule has 2 aromatic rings. The van der Waals surface area contributed by atoms with Crippen LogP contribution in [-0.2, 0) is 0 Å². The second-order valence-electron chi connectivity index (χ2n) is 7.28. The molecule has 1 aliphatic heterocycles. The second-order valence-corrected chi connectivity index (χ2v) is 7.28. The lowest BCUT2D eigenvalue weighted by Gasteiger charge is -2.28. The van der Waals surface area contributed by atoms with Gasteiger partial charge in [-0.05, 0) is 30.9 Å². The Hall–Kier alpha value is -3.86. The average Bonchev–Trinajstić information content (AvgIpc) is 2.81. The molecule has 1 aromatic carbocycles. The van der Waals surface area contributed by atoms with Crippen LogP contribution in [0.5, 0.6) is 17.2 Å². The maximum atomic E-state index is 14.2. The third-order valence-corrected chi connectivity index (χ3v) is 5.39. The second kappa shape index (κ2) is 9.52. The number of benzene rings is 1. The smallest absolute Gasteiger partial charge is 0.254 e. The van der Waals surface area contributed by atoms with Crippen molar-refractivity contribution in [1.29, 1.82) is 5.26 Å². The number of nitrogens with zero attached hydrogens (tertiary/aromatic N) is 2. The fourth-order valence-electron chi connectivity index (χ4n) is 3.40. The summed E-state index contributed by atoms with van der Waals surface area (Å²) in [6, 6.07) is 4.63. The van der Waals surface area contributed by atoms with Crippen molar-refractivity contribution >= 4 is 22.9 Å². The van der Waals surface area contributed by atoms with Gasteiger partial charge in [0.25, 0.3) is 5.91 Å². The maximum absolute atomic E-state index is 14.2. The summed E-state index contributed by atoms with van der Waals surface area (Å²) in [7, 11) is 2.94. The monoisotopic (exact) mass is 436 g/mol. The molecule has 0 unspecified atom stereocenters. The normalized spacial score (nSPS) is 13.7. The molecule has 2 heterocycles. The van der Waals surface area contributed by atoms with Crippen LogP contribution in [0.2, 0.25) is 0 Å². The van der Waals surface area contributed by atoms with Crippen LogP contribution in [0.1, 0.15) is 43.2 Å². The number of pyridine rings is 1. The van der Waals surface area contributed by atoms with Crippen molar-refractivity contribution in [3.05, 3.63) is 53.1 Å². The van der Waals surface area contributed by atoms with E-state index in [0.717, 1.165) is 12.0 Å². The minimum atomic E-state index is -0.527. The zero-order chi connectivity index (χ0) is 23.4. The molecule has 166 valence electrons. The van der Waals surface area contributed by atoms with Crippen LogP contribution in [0.15, 0.2) is 36.1 Å². The van der Waals surface area contributed by atoms with E-state index in [1.807, 2.05) is 13.8 Å². The first-order chi connectivity index (χ1) is 15.4. The maximum Gasteiger partial charge on any atom is 0.254 e. The van der Waals surface area contributed by atoms with Gasteiger partial charge in [-0.15, -0.1) is 0 Å². The van der Waals surface area contributed by atoms with Crippen LogP contribution in [0.3, 0.4) is 0 Å². The van der Waals surface area contributed by atoms with Gasteiger partial charge in [0, 0.05) is 31.0 Å². The molecule has 3 rings (SSSR count). The Morgan fingerprint density at radius 2 is 2.19 bits per heavy atom. The van der Waals surface area contributed by atoms with Gasteiger partial charge in [0.15, 0.2) is 11.5 Å². The fraction of sp³-hybridized carbons (Fsp3) is 0.292. The highest BCUT2D eigenvalue weighted by Crippen LogP contribution is 2.50. The molecule has 32 heavy (non-hydrogen) atoms. The molecule has 0 saturated carbocycles. The summed E-state index contributed by atoms with van der Waals surface area (Å²) in [6.07, 6.45) is 5.72. The molecule has 1 aromatic heterocycles. The molecule has 0 saturated heterocycles. The Balaban J connectivity index is 2.30. The molecule has 8 heteroatoms. The van der Waals surface area contributed by atoms with Crippen molar-refractivity contribution in [2.45, 2.75) is 27.2 Å². The molecule has 0 radical (unpaired) electrons. The zero-order valence-corrected chi connectivity index (χ0v) is 18.7. The van der Waals surface area contributed by atoms with Crippen LogP contribution < -0.4 is 20.1 Å². The Morgan fingerprint density at radius 3 is 2.78 bits per heavy atom. The number of aromatic nitrogens is 1. The van der Waals surface area contributed by atoms with Gasteiger partial charge < -0.3 is 20.1 Å². The van der Waals surface area contributed by atoms with E-state index in [1.54, 1.807) is 19.1 Å². The van der Waals surface area contributed by atoms with E-state index >= 15 is 0 Å². The molecular weight excluding hydrogens is 411 g/mol. The number of anilines is 2. The van der Waals surface area contributed by atoms with Crippen LogP contribution in [0.25, 0.3) is 5.57 Å². The first kappa shape index (κ1) is 22.8. The van der Waals surface area contributed by atoms with Crippen LogP contribution in [0, 0.1) is 23.1 Å². The Kier molecular flexibility index (Phi) is 6.79. The molecule has 0 fully saturated rings. The lowest BCUT2D eigenvalue weighted by molar-refractivity contribution is 0.0963. The molecule has 7 nitrogen and oxygen atoms in total. The first-order valence-corrected chi connectivity index (χ1v) is 10.2. The number of carbonyl (C=O) groups excluding carboxylic acids is 1. The summed E-state index contributed by atoms with van der Waals surface area (Å²) in [4.78, 5) is 17.1. The molecule has 2 N–H and O–H groups in total. The van der Waals surface area contributed by atoms with E-state index in [1.165, 1.54) is 32.5 Å². The number of fused-ring (bicyclic) bond motifs is 2. The standard InChI is InChI=1S/C24H25FN4O3/c1-6-13(3)16(8-14(7-2)11-26)20-23-21(17(12-28-20)24(30)27-4)29-22-18(31-5)9-15(25)10-19(22)32-23/h7-10,12-13,29H,6H2,1-5H3,(H,27,30)/b14-7+,16-8+/t13-/m1/s1. The highest BCUT2D eigenvalue weighted by atomic mass is 19.1. The number of allylic oxidation sites excluding steroid dienone is 4. The van der Waals surface area contributed by atoms with E-state index in [0.29, 0.717) is 22.6 Å².